The van der Waals surface area contributed by atoms with Gasteiger partial charge in [0.05, 0.1) is 6.61 Å². The van der Waals surface area contributed by atoms with Crippen molar-refractivity contribution in [3.8, 4) is 0 Å². The Bertz CT molecular complexity index is 284. The van der Waals surface area contributed by atoms with E-state index in [1.807, 2.05) is 6.92 Å². The van der Waals surface area contributed by atoms with E-state index in [1.165, 1.54) is 0 Å². The third-order valence-electron chi connectivity index (χ3n) is 3.66. The van der Waals surface area contributed by atoms with Crippen molar-refractivity contribution in [2.24, 2.45) is 5.92 Å². The zero-order valence-electron chi connectivity index (χ0n) is 11.9. The molecular formula is C13H21F6NO. The molecule has 0 spiro atoms. The summed E-state index contributed by atoms with van der Waals surface area (Å²) in [6.07, 6.45) is -10.3. The first-order valence-corrected chi connectivity index (χ1v) is 7.14. The Labute approximate surface area is 120 Å². The SMILES string of the molecule is CCCNC(COC(C(F)(F)F)C(F)(F)F)C1CCCC1. The van der Waals surface area contributed by atoms with Gasteiger partial charge in [-0.1, -0.05) is 19.8 Å². The summed E-state index contributed by atoms with van der Waals surface area (Å²) in [6.45, 7) is 1.86. The Balaban J connectivity index is 2.64. The van der Waals surface area contributed by atoms with Gasteiger partial charge in [0, 0.05) is 6.04 Å². The van der Waals surface area contributed by atoms with E-state index in [2.05, 4.69) is 10.1 Å². The third kappa shape index (κ3) is 6.02. The second-order valence-electron chi connectivity index (χ2n) is 5.40. The van der Waals surface area contributed by atoms with E-state index in [-0.39, 0.29) is 5.92 Å². The largest absolute Gasteiger partial charge is 0.423 e. The number of hydrogen-bond donors (Lipinski definition) is 1. The quantitative estimate of drug-likeness (QED) is 0.714. The normalized spacial score (nSPS) is 19.4. The predicted molar refractivity (Wildman–Crippen MR) is 65.9 cm³/mol. The van der Waals surface area contributed by atoms with Crippen molar-refractivity contribution >= 4 is 0 Å². The maximum absolute atomic E-state index is 12.4. The van der Waals surface area contributed by atoms with Gasteiger partial charge in [-0.3, -0.25) is 0 Å². The minimum atomic E-state index is -5.44. The lowest BCUT2D eigenvalue weighted by Crippen LogP contribution is -2.48. The predicted octanol–water partition coefficient (Wildman–Crippen LogP) is 4.05. The lowest BCUT2D eigenvalue weighted by atomic mass is 9.98. The molecule has 1 aliphatic rings. The molecule has 8 heteroatoms. The fraction of sp³-hybridized carbons (Fsp3) is 1.00. The highest BCUT2D eigenvalue weighted by Crippen LogP contribution is 2.36. The molecule has 0 aromatic heterocycles. The summed E-state index contributed by atoms with van der Waals surface area (Å²) in [5.74, 6) is 0.0821. The van der Waals surface area contributed by atoms with Crippen molar-refractivity contribution in [2.45, 2.75) is 63.5 Å². The molecule has 0 heterocycles. The van der Waals surface area contributed by atoms with Crippen LogP contribution in [0.2, 0.25) is 0 Å². The second kappa shape index (κ2) is 7.67. The summed E-state index contributed by atoms with van der Waals surface area (Å²) in [5.41, 5.74) is 0. The van der Waals surface area contributed by atoms with Crippen molar-refractivity contribution in [2.75, 3.05) is 13.2 Å². The lowest BCUT2D eigenvalue weighted by Gasteiger charge is -2.29. The Kier molecular flexibility index (Phi) is 6.77. The van der Waals surface area contributed by atoms with Crippen LogP contribution in [0.5, 0.6) is 0 Å². The molecule has 0 radical (unpaired) electrons. The molecule has 126 valence electrons. The summed E-state index contributed by atoms with van der Waals surface area (Å²) >= 11 is 0. The monoisotopic (exact) mass is 321 g/mol. The first kappa shape index (κ1) is 18.5. The first-order valence-electron chi connectivity index (χ1n) is 7.14. The van der Waals surface area contributed by atoms with Crippen LogP contribution >= 0.6 is 0 Å². The molecule has 2 nitrogen and oxygen atoms in total. The summed E-state index contributed by atoms with van der Waals surface area (Å²) in [4.78, 5) is 0. The van der Waals surface area contributed by atoms with E-state index in [1.54, 1.807) is 0 Å². The second-order valence-corrected chi connectivity index (χ2v) is 5.40. The van der Waals surface area contributed by atoms with Gasteiger partial charge >= 0.3 is 12.4 Å². The van der Waals surface area contributed by atoms with Crippen LogP contribution < -0.4 is 5.32 Å². The van der Waals surface area contributed by atoms with Crippen LogP contribution in [0.25, 0.3) is 0 Å². The van der Waals surface area contributed by atoms with E-state index >= 15 is 0 Å². The van der Waals surface area contributed by atoms with Gasteiger partial charge in [-0.2, -0.15) is 26.3 Å². The fourth-order valence-corrected chi connectivity index (χ4v) is 2.63. The van der Waals surface area contributed by atoms with Gasteiger partial charge < -0.3 is 10.1 Å². The lowest BCUT2D eigenvalue weighted by molar-refractivity contribution is -0.323. The van der Waals surface area contributed by atoms with E-state index in [0.29, 0.717) is 6.54 Å². The number of alkyl halides is 6. The third-order valence-corrected chi connectivity index (χ3v) is 3.66. The molecule has 0 aliphatic heterocycles. The first-order chi connectivity index (χ1) is 9.66. The molecule has 1 atom stereocenters. The molecule has 1 fully saturated rings. The Hall–Kier alpha value is -0.500. The van der Waals surface area contributed by atoms with Gasteiger partial charge in [0.1, 0.15) is 0 Å². The molecule has 1 aliphatic carbocycles. The van der Waals surface area contributed by atoms with Gasteiger partial charge in [0.15, 0.2) is 0 Å². The molecule has 0 aromatic carbocycles. The van der Waals surface area contributed by atoms with E-state index in [4.69, 9.17) is 0 Å². The Morgan fingerprint density at radius 1 is 1.05 bits per heavy atom. The zero-order chi connectivity index (χ0) is 16.1. The van der Waals surface area contributed by atoms with Crippen molar-refractivity contribution in [1.82, 2.24) is 5.32 Å². The molecule has 0 saturated heterocycles. The highest BCUT2D eigenvalue weighted by Gasteiger charge is 2.58. The fourth-order valence-electron chi connectivity index (χ4n) is 2.63. The maximum atomic E-state index is 12.4. The molecule has 0 aromatic rings. The number of halogens is 6. The Morgan fingerprint density at radius 2 is 1.57 bits per heavy atom. The van der Waals surface area contributed by atoms with Crippen LogP contribution in [0.3, 0.4) is 0 Å². The van der Waals surface area contributed by atoms with Gasteiger partial charge in [-0.25, -0.2) is 0 Å². The summed E-state index contributed by atoms with van der Waals surface area (Å²) in [7, 11) is 0. The highest BCUT2D eigenvalue weighted by atomic mass is 19.4. The summed E-state index contributed by atoms with van der Waals surface area (Å²) in [6, 6.07) is -0.459. The molecular weight excluding hydrogens is 300 g/mol. The van der Waals surface area contributed by atoms with Crippen LogP contribution in [-0.2, 0) is 4.74 Å². The standard InChI is InChI=1S/C13H21F6NO/c1-2-7-20-10(9-5-3-4-6-9)8-21-11(12(14,15)16)13(17,18)19/h9-11,20H,2-8H2,1H3. The van der Waals surface area contributed by atoms with E-state index in [0.717, 1.165) is 32.1 Å². The van der Waals surface area contributed by atoms with Crippen LogP contribution in [0.1, 0.15) is 39.0 Å². The van der Waals surface area contributed by atoms with Crippen LogP contribution in [0.4, 0.5) is 26.3 Å². The maximum Gasteiger partial charge on any atom is 0.423 e. The van der Waals surface area contributed by atoms with Gasteiger partial charge in [-0.05, 0) is 31.7 Å². The van der Waals surface area contributed by atoms with Crippen LogP contribution in [0, 0.1) is 5.92 Å². The van der Waals surface area contributed by atoms with Gasteiger partial charge in [0.25, 0.3) is 0 Å². The average Bonchev–Trinajstić information content (AvgIpc) is 2.83. The molecule has 1 saturated carbocycles. The molecule has 1 N–H and O–H groups in total. The zero-order valence-corrected chi connectivity index (χ0v) is 11.9. The minimum Gasteiger partial charge on any atom is -0.359 e. The number of nitrogens with one attached hydrogen (secondary N) is 1. The Morgan fingerprint density at radius 3 is 2.00 bits per heavy atom. The van der Waals surface area contributed by atoms with E-state index < -0.39 is 31.1 Å². The van der Waals surface area contributed by atoms with Crippen molar-refractivity contribution in [3.63, 3.8) is 0 Å². The van der Waals surface area contributed by atoms with Crippen molar-refractivity contribution < 1.29 is 31.1 Å². The molecule has 1 rings (SSSR count). The van der Waals surface area contributed by atoms with Crippen LogP contribution in [0.15, 0.2) is 0 Å². The van der Waals surface area contributed by atoms with E-state index in [9.17, 15) is 26.3 Å². The van der Waals surface area contributed by atoms with Crippen molar-refractivity contribution in [1.29, 1.82) is 0 Å². The number of rotatable bonds is 7. The number of ether oxygens (including phenoxy) is 1. The number of hydrogen-bond acceptors (Lipinski definition) is 2. The molecule has 21 heavy (non-hydrogen) atoms. The molecule has 0 amide bonds. The summed E-state index contributed by atoms with van der Waals surface area (Å²) in [5, 5.41) is 3.01. The van der Waals surface area contributed by atoms with Gasteiger partial charge in [0.2, 0.25) is 6.10 Å². The molecule has 1 unspecified atom stereocenters. The highest BCUT2D eigenvalue weighted by molar-refractivity contribution is 4.83. The molecule has 0 bridgehead atoms. The minimum absolute atomic E-state index is 0.0821. The smallest absolute Gasteiger partial charge is 0.359 e. The van der Waals surface area contributed by atoms with Crippen molar-refractivity contribution in [3.05, 3.63) is 0 Å². The van der Waals surface area contributed by atoms with Crippen LogP contribution in [-0.4, -0.2) is 37.7 Å². The van der Waals surface area contributed by atoms with Gasteiger partial charge in [-0.15, -0.1) is 0 Å². The average molecular weight is 321 g/mol. The summed E-state index contributed by atoms with van der Waals surface area (Å²) < 4.78 is 78.8. The topological polar surface area (TPSA) is 21.3 Å².